The molecule has 0 unspecified atom stereocenters. The number of ether oxygens (including phenoxy) is 3. The molecule has 0 radical (unpaired) electrons. The van der Waals surface area contributed by atoms with Gasteiger partial charge in [-0.15, -0.1) is 0 Å². The summed E-state index contributed by atoms with van der Waals surface area (Å²) >= 11 is 6.34. The molecule has 0 spiro atoms. The Labute approximate surface area is 225 Å². The molecule has 0 atom stereocenters. The van der Waals surface area contributed by atoms with Gasteiger partial charge in [0, 0.05) is 24.3 Å². The minimum absolute atomic E-state index is 0.0796. The number of likely N-dealkylation sites (tertiary alicyclic amines) is 1. The van der Waals surface area contributed by atoms with Crippen molar-refractivity contribution in [2.45, 2.75) is 25.7 Å². The number of rotatable bonds is 6. The molecule has 5 rings (SSSR count). The summed E-state index contributed by atoms with van der Waals surface area (Å²) in [5.41, 5.74) is 3.04. The summed E-state index contributed by atoms with van der Waals surface area (Å²) in [4.78, 5) is 39.4. The summed E-state index contributed by atoms with van der Waals surface area (Å²) in [7, 11) is 0. The summed E-state index contributed by atoms with van der Waals surface area (Å²) in [6.45, 7) is 3.32. The summed E-state index contributed by atoms with van der Waals surface area (Å²) in [6.07, 6.45) is 1.63. The number of piperidine rings is 1. The van der Waals surface area contributed by atoms with Gasteiger partial charge < -0.3 is 24.4 Å². The predicted molar refractivity (Wildman–Crippen MR) is 142 cm³/mol. The van der Waals surface area contributed by atoms with Crippen LogP contribution in [0, 0.1) is 0 Å². The molecule has 38 heavy (non-hydrogen) atoms. The smallest absolute Gasteiger partial charge is 0.338 e. The van der Waals surface area contributed by atoms with E-state index in [-0.39, 0.29) is 18.6 Å². The lowest BCUT2D eigenvalue weighted by Crippen LogP contribution is -2.38. The van der Waals surface area contributed by atoms with Gasteiger partial charge in [-0.05, 0) is 79.8 Å². The van der Waals surface area contributed by atoms with Gasteiger partial charge in [0.2, 0.25) is 6.79 Å². The van der Waals surface area contributed by atoms with Crippen LogP contribution >= 0.6 is 11.6 Å². The normalized spacial score (nSPS) is 14.7. The fourth-order valence-corrected chi connectivity index (χ4v) is 4.97. The zero-order valence-corrected chi connectivity index (χ0v) is 21.6. The number of fused-ring (bicyclic) bond motifs is 1. The van der Waals surface area contributed by atoms with Crippen molar-refractivity contribution in [1.29, 1.82) is 0 Å². The maximum atomic E-state index is 13.2. The Balaban J connectivity index is 1.17. The van der Waals surface area contributed by atoms with Gasteiger partial charge in [0.15, 0.2) is 11.5 Å². The first-order chi connectivity index (χ1) is 18.4. The van der Waals surface area contributed by atoms with E-state index in [0.29, 0.717) is 64.5 Å². The third-order valence-corrected chi connectivity index (χ3v) is 7.10. The molecule has 2 aliphatic rings. The van der Waals surface area contributed by atoms with Crippen LogP contribution in [0.4, 0.5) is 5.69 Å². The topological polar surface area (TPSA) is 94.2 Å². The summed E-state index contributed by atoms with van der Waals surface area (Å²) < 4.78 is 15.9. The summed E-state index contributed by atoms with van der Waals surface area (Å²) in [5.74, 6) is 0.423. The predicted octanol–water partition coefficient (Wildman–Crippen LogP) is 5.52. The number of hydrogen-bond donors (Lipinski definition) is 1. The number of anilines is 1. The number of carbonyl (C=O) groups is 3. The third-order valence-electron chi connectivity index (χ3n) is 6.78. The highest BCUT2D eigenvalue weighted by atomic mass is 35.5. The molecule has 196 valence electrons. The van der Waals surface area contributed by atoms with E-state index in [9.17, 15) is 14.4 Å². The second-order valence-corrected chi connectivity index (χ2v) is 9.50. The molecule has 9 heteroatoms. The Hall–Kier alpha value is -4.04. The SMILES string of the molecule is CCOC(=O)c1ccc(C(=O)Nc2ccc(C3CCN(C(=O)c4c(Cl)ccc5c4OCO5)CC3)cc2)cc1. The summed E-state index contributed by atoms with van der Waals surface area (Å²) in [5, 5.41) is 3.24. The van der Waals surface area contributed by atoms with E-state index in [2.05, 4.69) is 5.32 Å². The quantitative estimate of drug-likeness (QED) is 0.419. The van der Waals surface area contributed by atoms with Crippen LogP contribution in [-0.2, 0) is 4.74 Å². The molecule has 2 amide bonds. The van der Waals surface area contributed by atoms with E-state index < -0.39 is 5.97 Å². The molecule has 3 aromatic carbocycles. The number of nitrogens with zero attached hydrogens (tertiary/aromatic N) is 1. The van der Waals surface area contributed by atoms with Gasteiger partial charge in [0.1, 0.15) is 5.56 Å². The zero-order chi connectivity index (χ0) is 26.6. The molecule has 1 fully saturated rings. The van der Waals surface area contributed by atoms with Crippen LogP contribution in [0.3, 0.4) is 0 Å². The van der Waals surface area contributed by atoms with Gasteiger partial charge in [-0.25, -0.2) is 4.79 Å². The fraction of sp³-hybridized carbons (Fsp3) is 0.276. The molecular weight excluding hydrogens is 508 g/mol. The van der Waals surface area contributed by atoms with E-state index in [0.717, 1.165) is 18.4 Å². The second kappa shape index (κ2) is 11.1. The molecule has 1 N–H and O–H groups in total. The molecule has 0 aliphatic carbocycles. The highest BCUT2D eigenvalue weighted by Gasteiger charge is 2.31. The molecular formula is C29H27ClN2O6. The van der Waals surface area contributed by atoms with Crippen LogP contribution in [0.25, 0.3) is 0 Å². The Morgan fingerprint density at radius 2 is 1.63 bits per heavy atom. The Kier molecular flexibility index (Phi) is 7.51. The van der Waals surface area contributed by atoms with Crippen molar-refractivity contribution >= 4 is 35.1 Å². The van der Waals surface area contributed by atoms with Gasteiger partial charge in [-0.3, -0.25) is 9.59 Å². The van der Waals surface area contributed by atoms with Crippen molar-refractivity contribution in [2.24, 2.45) is 0 Å². The number of amides is 2. The van der Waals surface area contributed by atoms with Gasteiger partial charge in [-0.1, -0.05) is 23.7 Å². The van der Waals surface area contributed by atoms with E-state index in [4.69, 9.17) is 25.8 Å². The van der Waals surface area contributed by atoms with Crippen molar-refractivity contribution in [3.8, 4) is 11.5 Å². The second-order valence-electron chi connectivity index (χ2n) is 9.10. The number of esters is 1. The molecule has 3 aromatic rings. The average molecular weight is 535 g/mol. The van der Waals surface area contributed by atoms with E-state index in [1.165, 1.54) is 0 Å². The molecule has 2 aliphatic heterocycles. The van der Waals surface area contributed by atoms with Crippen molar-refractivity contribution in [3.05, 3.63) is 87.9 Å². The van der Waals surface area contributed by atoms with Crippen LogP contribution in [0.5, 0.6) is 11.5 Å². The number of hydrogen-bond acceptors (Lipinski definition) is 6. The maximum absolute atomic E-state index is 13.2. The summed E-state index contributed by atoms with van der Waals surface area (Å²) in [6, 6.07) is 17.5. The minimum Gasteiger partial charge on any atom is -0.462 e. The van der Waals surface area contributed by atoms with Gasteiger partial charge in [-0.2, -0.15) is 0 Å². The number of nitrogens with one attached hydrogen (secondary N) is 1. The molecule has 8 nitrogen and oxygen atoms in total. The number of carbonyl (C=O) groups excluding carboxylic acids is 3. The van der Waals surface area contributed by atoms with Crippen molar-refractivity contribution in [2.75, 3.05) is 31.8 Å². The number of halogens is 1. The highest BCUT2D eigenvalue weighted by Crippen LogP contribution is 2.40. The molecule has 0 aromatic heterocycles. The van der Waals surface area contributed by atoms with Gasteiger partial charge in [0.25, 0.3) is 11.8 Å². The standard InChI is InChI=1S/C29H27ClN2O6/c1-2-36-29(35)21-5-3-20(4-6-21)27(33)31-22-9-7-18(8-10-22)19-13-15-32(16-14-19)28(34)25-23(30)11-12-24-26(25)38-17-37-24/h3-12,19H,2,13-17H2,1H3,(H,31,33). The lowest BCUT2D eigenvalue weighted by Gasteiger charge is -2.32. The lowest BCUT2D eigenvalue weighted by molar-refractivity contribution is 0.0525. The van der Waals surface area contributed by atoms with Crippen LogP contribution < -0.4 is 14.8 Å². The van der Waals surface area contributed by atoms with E-state index in [1.54, 1.807) is 43.3 Å². The average Bonchev–Trinajstić information content (AvgIpc) is 3.42. The maximum Gasteiger partial charge on any atom is 0.338 e. The molecule has 0 saturated carbocycles. The van der Waals surface area contributed by atoms with E-state index in [1.807, 2.05) is 29.2 Å². The Bertz CT molecular complexity index is 1350. The monoisotopic (exact) mass is 534 g/mol. The first-order valence-electron chi connectivity index (χ1n) is 12.5. The van der Waals surface area contributed by atoms with E-state index >= 15 is 0 Å². The minimum atomic E-state index is -0.416. The third kappa shape index (κ3) is 5.31. The van der Waals surface area contributed by atoms with Crippen LogP contribution in [0.1, 0.15) is 62.3 Å². The lowest BCUT2D eigenvalue weighted by atomic mass is 9.89. The van der Waals surface area contributed by atoms with Crippen LogP contribution in [-0.4, -0.2) is 49.2 Å². The Morgan fingerprint density at radius 1 is 0.947 bits per heavy atom. The highest BCUT2D eigenvalue weighted by molar-refractivity contribution is 6.34. The number of benzene rings is 3. The largest absolute Gasteiger partial charge is 0.462 e. The van der Waals surface area contributed by atoms with Crippen LogP contribution in [0.15, 0.2) is 60.7 Å². The van der Waals surface area contributed by atoms with Gasteiger partial charge in [0.05, 0.1) is 17.2 Å². The van der Waals surface area contributed by atoms with Crippen molar-refractivity contribution in [3.63, 3.8) is 0 Å². The fourth-order valence-electron chi connectivity index (χ4n) is 4.74. The first-order valence-corrected chi connectivity index (χ1v) is 12.9. The van der Waals surface area contributed by atoms with Crippen LogP contribution in [0.2, 0.25) is 5.02 Å². The molecule has 2 heterocycles. The molecule has 0 bridgehead atoms. The van der Waals surface area contributed by atoms with Gasteiger partial charge >= 0.3 is 5.97 Å². The zero-order valence-electron chi connectivity index (χ0n) is 20.9. The molecule has 1 saturated heterocycles. The van der Waals surface area contributed by atoms with Crippen molar-refractivity contribution < 1.29 is 28.6 Å². The van der Waals surface area contributed by atoms with Crippen molar-refractivity contribution in [1.82, 2.24) is 4.90 Å². The Morgan fingerprint density at radius 3 is 2.32 bits per heavy atom. The first kappa shape index (κ1) is 25.6.